The van der Waals surface area contributed by atoms with Crippen LogP contribution in [0.4, 0.5) is 0 Å². The van der Waals surface area contributed by atoms with Gasteiger partial charge in [-0.1, -0.05) is 38.1 Å². The fourth-order valence-electron chi connectivity index (χ4n) is 1.89. The highest BCUT2D eigenvalue weighted by atomic mass is 16.4. The first-order valence-electron chi connectivity index (χ1n) is 6.05. The van der Waals surface area contributed by atoms with Crippen LogP contribution >= 0.6 is 0 Å². The lowest BCUT2D eigenvalue weighted by Crippen LogP contribution is -2.25. The number of rotatable bonds is 6. The van der Waals surface area contributed by atoms with Crippen molar-refractivity contribution in [3.05, 3.63) is 35.4 Å². The molecular weight excluding hydrogens is 216 g/mol. The summed E-state index contributed by atoms with van der Waals surface area (Å²) in [6, 6.07) is 7.75. The van der Waals surface area contributed by atoms with Crippen LogP contribution in [0.25, 0.3) is 0 Å². The molecule has 1 aromatic rings. The summed E-state index contributed by atoms with van der Waals surface area (Å²) in [5.41, 5.74) is 0.994. The van der Waals surface area contributed by atoms with Gasteiger partial charge in [0, 0.05) is 6.42 Å². The molecule has 0 aliphatic carbocycles. The van der Waals surface area contributed by atoms with Gasteiger partial charge in [0.15, 0.2) is 0 Å². The van der Waals surface area contributed by atoms with E-state index in [-0.39, 0.29) is 12.8 Å². The zero-order chi connectivity index (χ0) is 12.9. The van der Waals surface area contributed by atoms with Gasteiger partial charge < -0.3 is 10.2 Å². The molecule has 0 aliphatic heterocycles. The topological polar surface area (TPSA) is 57.5 Å². The van der Waals surface area contributed by atoms with Crippen LogP contribution in [0.1, 0.15) is 44.2 Å². The molecule has 17 heavy (non-hydrogen) atoms. The molecule has 1 rings (SSSR count). The van der Waals surface area contributed by atoms with E-state index < -0.39 is 11.6 Å². The zero-order valence-corrected chi connectivity index (χ0v) is 10.4. The fourth-order valence-corrected chi connectivity index (χ4v) is 1.89. The van der Waals surface area contributed by atoms with Gasteiger partial charge in [-0.3, -0.25) is 4.79 Å². The van der Waals surface area contributed by atoms with Gasteiger partial charge >= 0.3 is 5.97 Å². The van der Waals surface area contributed by atoms with E-state index in [1.807, 2.05) is 31.2 Å². The Balaban J connectivity index is 2.86. The summed E-state index contributed by atoms with van der Waals surface area (Å²) in [4.78, 5) is 10.6. The third kappa shape index (κ3) is 3.56. The van der Waals surface area contributed by atoms with E-state index in [0.717, 1.165) is 12.0 Å². The van der Waals surface area contributed by atoms with Crippen LogP contribution in [0.3, 0.4) is 0 Å². The van der Waals surface area contributed by atoms with Gasteiger partial charge in [0.2, 0.25) is 0 Å². The third-order valence-corrected chi connectivity index (χ3v) is 3.24. The highest BCUT2D eigenvalue weighted by Gasteiger charge is 2.27. The van der Waals surface area contributed by atoms with Crippen LogP contribution in [0, 0.1) is 0 Å². The van der Waals surface area contributed by atoms with E-state index in [1.165, 1.54) is 5.56 Å². The summed E-state index contributed by atoms with van der Waals surface area (Å²) in [5, 5.41) is 19.1. The molecule has 3 nitrogen and oxygen atoms in total. The summed E-state index contributed by atoms with van der Waals surface area (Å²) >= 11 is 0. The Morgan fingerprint density at radius 2 is 1.82 bits per heavy atom. The number of aryl methyl sites for hydroxylation is 1. The van der Waals surface area contributed by atoms with Crippen LogP contribution in [-0.4, -0.2) is 16.2 Å². The molecule has 0 saturated carbocycles. The normalized spacial score (nSPS) is 14.3. The molecule has 1 unspecified atom stereocenters. The minimum Gasteiger partial charge on any atom is -0.481 e. The van der Waals surface area contributed by atoms with Gasteiger partial charge in [-0.25, -0.2) is 0 Å². The lowest BCUT2D eigenvalue weighted by molar-refractivity contribution is -0.138. The maximum atomic E-state index is 10.6. The molecule has 3 heteroatoms. The summed E-state index contributed by atoms with van der Waals surface area (Å²) in [6.07, 6.45) is 1.72. The number of hydrogen-bond donors (Lipinski definition) is 2. The molecule has 0 saturated heterocycles. The molecule has 0 aromatic heterocycles. The predicted octanol–water partition coefficient (Wildman–Crippen LogP) is 2.71. The molecule has 0 spiro atoms. The first kappa shape index (κ1) is 13.7. The second-order valence-electron chi connectivity index (χ2n) is 4.33. The molecule has 0 heterocycles. The molecule has 0 fully saturated rings. The van der Waals surface area contributed by atoms with Crippen molar-refractivity contribution >= 4 is 5.97 Å². The van der Waals surface area contributed by atoms with E-state index in [0.29, 0.717) is 6.42 Å². The van der Waals surface area contributed by atoms with Crippen molar-refractivity contribution in [2.75, 3.05) is 0 Å². The molecule has 0 amide bonds. The Morgan fingerprint density at radius 3 is 2.24 bits per heavy atom. The van der Waals surface area contributed by atoms with E-state index in [4.69, 9.17) is 5.11 Å². The van der Waals surface area contributed by atoms with Crippen molar-refractivity contribution in [1.29, 1.82) is 0 Å². The van der Waals surface area contributed by atoms with Crippen molar-refractivity contribution in [2.24, 2.45) is 0 Å². The van der Waals surface area contributed by atoms with E-state index in [1.54, 1.807) is 0 Å². The second kappa shape index (κ2) is 5.82. The van der Waals surface area contributed by atoms with Crippen LogP contribution in [0.2, 0.25) is 0 Å². The lowest BCUT2D eigenvalue weighted by atomic mass is 9.86. The maximum Gasteiger partial charge on any atom is 0.303 e. The zero-order valence-electron chi connectivity index (χ0n) is 10.4. The van der Waals surface area contributed by atoms with Gasteiger partial charge in [0.05, 0.1) is 5.60 Å². The van der Waals surface area contributed by atoms with Gasteiger partial charge in [-0.05, 0) is 30.4 Å². The Hall–Kier alpha value is -1.35. The molecule has 0 bridgehead atoms. The van der Waals surface area contributed by atoms with Crippen molar-refractivity contribution < 1.29 is 15.0 Å². The van der Waals surface area contributed by atoms with E-state index >= 15 is 0 Å². The molecule has 1 aromatic carbocycles. The summed E-state index contributed by atoms with van der Waals surface area (Å²) in [5.74, 6) is -0.873. The lowest BCUT2D eigenvalue weighted by Gasteiger charge is -2.27. The smallest absolute Gasteiger partial charge is 0.303 e. The Morgan fingerprint density at radius 1 is 1.24 bits per heavy atom. The fraction of sp³-hybridized carbons (Fsp3) is 0.500. The average Bonchev–Trinajstić information content (AvgIpc) is 2.36. The molecular formula is C14H20O3. The summed E-state index contributed by atoms with van der Waals surface area (Å²) in [7, 11) is 0. The number of carboxylic acid groups (broad SMARTS) is 1. The predicted molar refractivity (Wildman–Crippen MR) is 66.9 cm³/mol. The Bertz CT molecular complexity index is 370. The summed E-state index contributed by atoms with van der Waals surface area (Å²) in [6.45, 7) is 3.95. The molecule has 2 N–H and O–H groups in total. The minimum absolute atomic E-state index is 0.0140. The van der Waals surface area contributed by atoms with Crippen molar-refractivity contribution in [1.82, 2.24) is 0 Å². The van der Waals surface area contributed by atoms with Crippen molar-refractivity contribution in [2.45, 2.75) is 45.1 Å². The van der Waals surface area contributed by atoms with Gasteiger partial charge in [-0.15, -0.1) is 0 Å². The second-order valence-corrected chi connectivity index (χ2v) is 4.33. The highest BCUT2D eigenvalue weighted by Crippen LogP contribution is 2.30. The third-order valence-electron chi connectivity index (χ3n) is 3.24. The average molecular weight is 236 g/mol. The van der Waals surface area contributed by atoms with Crippen LogP contribution in [0.15, 0.2) is 24.3 Å². The standard InChI is InChI=1S/C14H20O3/c1-3-11-5-7-12(8-6-11)14(17,4-2)10-9-13(15)16/h5-8,17H,3-4,9-10H2,1-2H3,(H,15,16). The molecule has 0 radical (unpaired) electrons. The summed E-state index contributed by atoms with van der Waals surface area (Å²) < 4.78 is 0. The van der Waals surface area contributed by atoms with Gasteiger partial charge in [0.1, 0.15) is 0 Å². The molecule has 1 atom stereocenters. The SMILES string of the molecule is CCc1ccc(C(O)(CC)CCC(=O)O)cc1. The van der Waals surface area contributed by atoms with Crippen LogP contribution in [-0.2, 0) is 16.8 Å². The number of carboxylic acids is 1. The maximum absolute atomic E-state index is 10.6. The minimum atomic E-state index is -1.02. The van der Waals surface area contributed by atoms with E-state index in [9.17, 15) is 9.90 Å². The Kier molecular flexibility index (Phi) is 4.70. The monoisotopic (exact) mass is 236 g/mol. The number of aliphatic hydroxyl groups is 1. The quantitative estimate of drug-likeness (QED) is 0.798. The number of carbonyl (C=O) groups is 1. The van der Waals surface area contributed by atoms with E-state index in [2.05, 4.69) is 6.92 Å². The number of aliphatic carboxylic acids is 1. The highest BCUT2D eigenvalue weighted by molar-refractivity contribution is 5.66. The van der Waals surface area contributed by atoms with Gasteiger partial charge in [0.25, 0.3) is 0 Å². The van der Waals surface area contributed by atoms with Crippen LogP contribution < -0.4 is 0 Å². The number of benzene rings is 1. The number of hydrogen-bond acceptors (Lipinski definition) is 2. The van der Waals surface area contributed by atoms with Gasteiger partial charge in [-0.2, -0.15) is 0 Å². The Labute approximate surface area is 102 Å². The molecule has 94 valence electrons. The molecule has 0 aliphatic rings. The first-order valence-corrected chi connectivity index (χ1v) is 6.05. The van der Waals surface area contributed by atoms with Crippen molar-refractivity contribution in [3.8, 4) is 0 Å². The van der Waals surface area contributed by atoms with Crippen LogP contribution in [0.5, 0.6) is 0 Å². The first-order chi connectivity index (χ1) is 8.01. The largest absolute Gasteiger partial charge is 0.481 e. The van der Waals surface area contributed by atoms with Crippen molar-refractivity contribution in [3.63, 3.8) is 0 Å².